The quantitative estimate of drug-likeness (QED) is 0.355. The van der Waals surface area contributed by atoms with E-state index in [2.05, 4.69) is 4.99 Å². The fourth-order valence-electron chi connectivity index (χ4n) is 4.84. The number of hydrogen-bond acceptors (Lipinski definition) is 9. The van der Waals surface area contributed by atoms with Gasteiger partial charge in [-0.3, -0.25) is 19.0 Å². The van der Waals surface area contributed by atoms with Crippen molar-refractivity contribution >= 4 is 40.4 Å². The zero-order valence-electron chi connectivity index (χ0n) is 21.9. The molecule has 0 unspecified atom stereocenters. The van der Waals surface area contributed by atoms with Gasteiger partial charge in [0.25, 0.3) is 11.5 Å². The van der Waals surface area contributed by atoms with Crippen molar-refractivity contribution in [1.82, 2.24) is 4.57 Å². The molecule has 1 amide bonds. The number of rotatable bonds is 5. The van der Waals surface area contributed by atoms with Gasteiger partial charge < -0.3 is 19.1 Å². The van der Waals surface area contributed by atoms with Crippen molar-refractivity contribution in [3.63, 3.8) is 0 Å². The maximum atomic E-state index is 14.1. The summed E-state index contributed by atoms with van der Waals surface area (Å²) in [5.41, 5.74) is 2.25. The molecule has 0 radical (unpaired) electrons. The summed E-state index contributed by atoms with van der Waals surface area (Å²) in [6, 6.07) is 11.1. The number of nitrogens with zero attached hydrogens (tertiary/aromatic N) is 3. The number of amides is 1. The van der Waals surface area contributed by atoms with Crippen molar-refractivity contribution in [3.05, 3.63) is 84.5 Å². The Hall–Kier alpha value is -4.51. The van der Waals surface area contributed by atoms with E-state index in [0.29, 0.717) is 27.3 Å². The highest BCUT2D eigenvalue weighted by Gasteiger charge is 2.36. The van der Waals surface area contributed by atoms with Crippen molar-refractivity contribution in [2.24, 2.45) is 4.99 Å². The fraction of sp³-hybridized carbons (Fsp3) is 0.250. The first-order valence-corrected chi connectivity index (χ1v) is 13.0. The summed E-state index contributed by atoms with van der Waals surface area (Å²) in [6.07, 6.45) is 0. The number of likely N-dealkylation sites (N-methyl/N-ethyl adjacent to an activating group) is 1. The normalized spacial score (nSPS) is 17.4. The summed E-state index contributed by atoms with van der Waals surface area (Å²) < 4.78 is 17.6. The van der Waals surface area contributed by atoms with E-state index in [9.17, 15) is 19.2 Å². The average molecular weight is 548 g/mol. The van der Waals surface area contributed by atoms with Crippen molar-refractivity contribution < 1.29 is 28.6 Å². The van der Waals surface area contributed by atoms with Crippen LogP contribution in [0.15, 0.2) is 63.5 Å². The van der Waals surface area contributed by atoms with Crippen LogP contribution in [0.3, 0.4) is 0 Å². The summed E-state index contributed by atoms with van der Waals surface area (Å²) in [6.45, 7) is 4.77. The van der Waals surface area contributed by atoms with Gasteiger partial charge in [-0.05, 0) is 37.6 Å². The molecule has 39 heavy (non-hydrogen) atoms. The van der Waals surface area contributed by atoms with E-state index in [1.807, 2.05) is 18.2 Å². The molecule has 2 aromatic carbocycles. The van der Waals surface area contributed by atoms with Crippen LogP contribution in [0.4, 0.5) is 5.69 Å². The summed E-state index contributed by atoms with van der Waals surface area (Å²) in [5, 5.41) is 0. The minimum absolute atomic E-state index is 0.128. The molecule has 0 N–H and O–H groups in total. The number of benzene rings is 2. The number of methoxy groups -OCH3 is 1. The third-order valence-corrected chi connectivity index (χ3v) is 7.58. The van der Waals surface area contributed by atoms with E-state index >= 15 is 0 Å². The van der Waals surface area contributed by atoms with Crippen LogP contribution in [-0.4, -0.2) is 43.2 Å². The Bertz CT molecular complexity index is 1770. The number of para-hydroxylation sites is 1. The van der Waals surface area contributed by atoms with Crippen LogP contribution in [0.5, 0.6) is 11.5 Å². The van der Waals surface area contributed by atoms with E-state index in [0.717, 1.165) is 11.3 Å². The first-order chi connectivity index (χ1) is 18.7. The molecule has 10 nitrogen and oxygen atoms in total. The lowest BCUT2D eigenvalue weighted by atomic mass is 9.95. The number of carbonyl (C=O) groups is 3. The van der Waals surface area contributed by atoms with E-state index in [1.165, 1.54) is 29.6 Å². The van der Waals surface area contributed by atoms with Crippen LogP contribution in [0, 0.1) is 0 Å². The minimum Gasteiger partial charge on any atom is -0.493 e. The highest BCUT2D eigenvalue weighted by molar-refractivity contribution is 7.07. The maximum absolute atomic E-state index is 14.1. The van der Waals surface area contributed by atoms with Gasteiger partial charge in [0.05, 0.1) is 42.3 Å². The summed E-state index contributed by atoms with van der Waals surface area (Å²) in [7, 11) is 3.08. The molecule has 11 heteroatoms. The minimum atomic E-state index is -0.931. The Labute approximate surface area is 227 Å². The molecule has 0 spiro atoms. The van der Waals surface area contributed by atoms with Gasteiger partial charge in [0.2, 0.25) is 0 Å². The Morgan fingerprint density at radius 3 is 2.54 bits per heavy atom. The van der Waals surface area contributed by atoms with Crippen LogP contribution < -0.4 is 29.3 Å². The van der Waals surface area contributed by atoms with Crippen LogP contribution in [0.2, 0.25) is 0 Å². The second-order valence-electron chi connectivity index (χ2n) is 8.88. The van der Waals surface area contributed by atoms with E-state index < -0.39 is 23.5 Å². The smallest absolute Gasteiger partial charge is 0.338 e. The predicted molar refractivity (Wildman–Crippen MR) is 143 cm³/mol. The Morgan fingerprint density at radius 2 is 1.85 bits per heavy atom. The van der Waals surface area contributed by atoms with E-state index in [1.54, 1.807) is 39.1 Å². The molecule has 0 saturated heterocycles. The first kappa shape index (κ1) is 26.1. The number of allylic oxidation sites excluding steroid dienone is 1. The third kappa shape index (κ3) is 4.24. The zero-order valence-corrected chi connectivity index (χ0v) is 22.8. The van der Waals surface area contributed by atoms with Crippen LogP contribution in [0.25, 0.3) is 5.57 Å². The second kappa shape index (κ2) is 9.99. The molecule has 1 atom stereocenters. The summed E-state index contributed by atoms with van der Waals surface area (Å²) in [5.74, 6) is -1.01. The fourth-order valence-corrected chi connectivity index (χ4v) is 5.98. The molecule has 0 saturated carbocycles. The second-order valence-corrected chi connectivity index (χ2v) is 9.86. The van der Waals surface area contributed by atoms with Crippen LogP contribution in [-0.2, 0) is 19.1 Å². The van der Waals surface area contributed by atoms with Crippen molar-refractivity contribution in [1.29, 1.82) is 0 Å². The molecule has 0 fully saturated rings. The SMILES string of the molecule is CCOC(=O)C1=C(C)N=c2s/c(=C3\C(=O)N(C)c4ccccc43)c(=O)n2[C@@H]1c1ccc(OC(C)=O)c(OC)c1. The molecule has 0 aliphatic carbocycles. The van der Waals surface area contributed by atoms with Gasteiger partial charge in [0.1, 0.15) is 4.53 Å². The third-order valence-electron chi connectivity index (χ3n) is 6.53. The number of fused-ring (bicyclic) bond motifs is 2. The van der Waals surface area contributed by atoms with Crippen LogP contribution in [0.1, 0.15) is 37.9 Å². The van der Waals surface area contributed by atoms with Gasteiger partial charge in [-0.1, -0.05) is 35.6 Å². The van der Waals surface area contributed by atoms with Gasteiger partial charge in [-0.25, -0.2) is 9.79 Å². The Balaban J connectivity index is 1.80. The topological polar surface area (TPSA) is 117 Å². The van der Waals surface area contributed by atoms with Gasteiger partial charge >= 0.3 is 11.9 Å². The number of hydrogen-bond donors (Lipinski definition) is 0. The lowest BCUT2D eigenvalue weighted by Crippen LogP contribution is -2.40. The Kier molecular flexibility index (Phi) is 6.69. The average Bonchev–Trinajstić information content (AvgIpc) is 3.35. The van der Waals surface area contributed by atoms with Crippen molar-refractivity contribution in [2.45, 2.75) is 26.8 Å². The number of aromatic nitrogens is 1. The van der Waals surface area contributed by atoms with E-state index in [4.69, 9.17) is 14.2 Å². The number of thiazole rings is 1. The molecule has 0 bridgehead atoms. The molecule has 5 rings (SSSR count). The summed E-state index contributed by atoms with van der Waals surface area (Å²) >= 11 is 1.09. The lowest BCUT2D eigenvalue weighted by Gasteiger charge is -2.25. The molecular formula is C28H25N3O7S. The molecular weight excluding hydrogens is 522 g/mol. The molecule has 2 aliphatic heterocycles. The lowest BCUT2D eigenvalue weighted by molar-refractivity contribution is -0.139. The molecule has 200 valence electrons. The molecule has 3 aromatic rings. The van der Waals surface area contributed by atoms with E-state index in [-0.39, 0.29) is 39.7 Å². The highest BCUT2D eigenvalue weighted by atomic mass is 32.1. The van der Waals surface area contributed by atoms with Gasteiger partial charge in [-0.15, -0.1) is 0 Å². The number of esters is 2. The monoisotopic (exact) mass is 547 g/mol. The standard InChI is InChI=1S/C28H25N3O7S/c1-6-37-27(35)21-14(2)29-28-31(23(21)16-11-12-19(38-15(3)32)20(13-16)36-5)26(34)24(39-28)22-17-9-7-8-10-18(17)30(4)25(22)33/h7-13,23H,6H2,1-5H3/b24-22-/t23-/m1/s1. The summed E-state index contributed by atoms with van der Waals surface area (Å²) in [4.78, 5) is 58.5. The van der Waals surface area contributed by atoms with Gasteiger partial charge in [-0.2, -0.15) is 0 Å². The van der Waals surface area contributed by atoms with Crippen molar-refractivity contribution in [3.8, 4) is 11.5 Å². The molecule has 2 aliphatic rings. The number of ether oxygens (including phenoxy) is 3. The molecule has 3 heterocycles. The molecule has 1 aromatic heterocycles. The number of anilines is 1. The first-order valence-electron chi connectivity index (χ1n) is 12.1. The highest BCUT2D eigenvalue weighted by Crippen LogP contribution is 2.37. The predicted octanol–water partition coefficient (Wildman–Crippen LogP) is 2.08. The van der Waals surface area contributed by atoms with Gasteiger partial charge in [0.15, 0.2) is 16.3 Å². The van der Waals surface area contributed by atoms with Gasteiger partial charge in [0, 0.05) is 19.5 Å². The number of carbonyl (C=O) groups excluding carboxylic acids is 3. The van der Waals surface area contributed by atoms with Crippen LogP contribution >= 0.6 is 11.3 Å². The van der Waals surface area contributed by atoms with Crippen molar-refractivity contribution in [2.75, 3.05) is 25.7 Å². The maximum Gasteiger partial charge on any atom is 0.338 e. The zero-order chi connectivity index (χ0) is 28.0. The largest absolute Gasteiger partial charge is 0.493 e. The Morgan fingerprint density at radius 1 is 1.10 bits per heavy atom.